The van der Waals surface area contributed by atoms with Crippen LogP contribution in [0.15, 0.2) is 0 Å². The van der Waals surface area contributed by atoms with Crippen molar-refractivity contribution in [2.45, 2.75) is 19.4 Å². The van der Waals surface area contributed by atoms with Crippen molar-refractivity contribution in [1.29, 1.82) is 0 Å². The van der Waals surface area contributed by atoms with Crippen molar-refractivity contribution in [2.24, 2.45) is 0 Å². The Bertz CT molecular complexity index is 156. The molecule has 0 aliphatic carbocycles. The molecule has 0 aromatic rings. The predicted octanol–water partition coefficient (Wildman–Crippen LogP) is -0.643. The van der Waals surface area contributed by atoms with Crippen LogP contribution >= 0.6 is 24.8 Å². The van der Waals surface area contributed by atoms with Crippen molar-refractivity contribution in [2.75, 3.05) is 0 Å². The Morgan fingerprint density at radius 1 is 1.67 bits per heavy atom. The normalized spacial score (nSPS) is 10.2. The van der Waals surface area contributed by atoms with Gasteiger partial charge in [0, 0.05) is 0 Å². The third kappa shape index (κ3) is 9.00. The Balaban J connectivity index is -0.000000405. The van der Waals surface area contributed by atoms with Gasteiger partial charge >= 0.3 is 43.7 Å². The average molecular weight is 195 g/mol. The van der Waals surface area contributed by atoms with Gasteiger partial charge in [-0.25, -0.2) is 4.79 Å². The van der Waals surface area contributed by atoms with Crippen LogP contribution in [0, 0.1) is 0 Å². The molecule has 3 nitrogen and oxygen atoms in total. The molecule has 0 rings (SSSR count). The van der Waals surface area contributed by atoms with Crippen molar-refractivity contribution in [3.63, 3.8) is 0 Å². The molecule has 1 atom stereocenters. The Hall–Kier alpha value is 0.905. The molecule has 12 heavy (non-hydrogen) atoms. The molecule has 2 N–H and O–H groups in total. The van der Waals surface area contributed by atoms with Crippen LogP contribution in [0.2, 0.25) is 0 Å². The van der Waals surface area contributed by atoms with E-state index in [-0.39, 0.29) is 42.0 Å². The van der Waals surface area contributed by atoms with E-state index in [0.717, 1.165) is 0 Å². The zero-order chi connectivity index (χ0) is 8.15. The summed E-state index contributed by atoms with van der Waals surface area (Å²) in [5.74, 6) is -0.904. The molecule has 1 unspecified atom stereocenters. The van der Waals surface area contributed by atoms with Gasteiger partial charge in [0.15, 0.2) is 0 Å². The standard InChI is InChI=1S/C5H9NO2S2.2Li.2H/c1-2-3(4(7)8)6-5(9)10;;;;/h3H,2H2,1H3,(H,7,8)(H2,6,9,10);;;;. The molecule has 7 heteroatoms. The minimum absolute atomic E-state index is 0. The Kier molecular flexibility index (Phi) is 15.5. The maximum atomic E-state index is 10.3. The van der Waals surface area contributed by atoms with Gasteiger partial charge in [-0.2, -0.15) is 0 Å². The van der Waals surface area contributed by atoms with Crippen LogP contribution in [0.5, 0.6) is 0 Å². The summed E-state index contributed by atoms with van der Waals surface area (Å²) in [7, 11) is 0. The number of hydrogen-bond acceptors (Lipinski definition) is 2. The predicted molar refractivity (Wildman–Crippen MR) is 60.7 cm³/mol. The summed E-state index contributed by atoms with van der Waals surface area (Å²) in [5.41, 5.74) is 0. The first-order valence-corrected chi connectivity index (χ1v) is 3.65. The zero-order valence-corrected chi connectivity index (χ0v) is 7.21. The number of thiocarbonyl (C=S) groups is 1. The van der Waals surface area contributed by atoms with Crippen molar-refractivity contribution in [3.05, 3.63) is 0 Å². The van der Waals surface area contributed by atoms with Crippen LogP contribution < -0.4 is 5.32 Å². The van der Waals surface area contributed by atoms with Crippen molar-refractivity contribution in [1.82, 2.24) is 5.32 Å². The first kappa shape index (κ1) is 18.6. The van der Waals surface area contributed by atoms with Crippen LogP contribution in [0.1, 0.15) is 13.3 Å². The van der Waals surface area contributed by atoms with Gasteiger partial charge in [-0.15, -0.1) is 12.6 Å². The van der Waals surface area contributed by atoms with Gasteiger partial charge < -0.3 is 10.4 Å². The summed E-state index contributed by atoms with van der Waals surface area (Å²) in [4.78, 5) is 10.3. The van der Waals surface area contributed by atoms with Gasteiger partial charge in [0.25, 0.3) is 0 Å². The minimum atomic E-state index is -0.904. The van der Waals surface area contributed by atoms with Gasteiger partial charge in [0.05, 0.1) is 0 Å². The summed E-state index contributed by atoms with van der Waals surface area (Å²) in [6, 6.07) is -0.606. The van der Waals surface area contributed by atoms with Gasteiger partial charge in [0.1, 0.15) is 10.4 Å². The Morgan fingerprint density at radius 3 is 2.17 bits per heavy atom. The molecule has 0 saturated carbocycles. The molecule has 0 saturated heterocycles. The molecule has 0 fully saturated rings. The van der Waals surface area contributed by atoms with E-state index in [0.29, 0.717) is 6.42 Å². The van der Waals surface area contributed by atoms with Gasteiger partial charge in [-0.3, -0.25) is 0 Å². The molecular formula is C5H11Li2NO2S2. The molecule has 62 valence electrons. The second-order valence-corrected chi connectivity index (χ2v) is 2.91. The second-order valence-electron chi connectivity index (χ2n) is 1.75. The van der Waals surface area contributed by atoms with E-state index in [9.17, 15) is 4.79 Å². The first-order valence-electron chi connectivity index (χ1n) is 2.80. The fraction of sp³-hybridized carbons (Fsp3) is 0.600. The van der Waals surface area contributed by atoms with E-state index in [1.54, 1.807) is 6.92 Å². The third-order valence-electron chi connectivity index (χ3n) is 1.00. The molecule has 0 amide bonds. The zero-order valence-electron chi connectivity index (χ0n) is 5.50. The quantitative estimate of drug-likeness (QED) is 0.318. The van der Waals surface area contributed by atoms with E-state index >= 15 is 0 Å². The summed E-state index contributed by atoms with van der Waals surface area (Å²) in [6.07, 6.45) is 0.496. The monoisotopic (exact) mass is 195 g/mol. The molecule has 0 aliphatic rings. The third-order valence-corrected chi connectivity index (χ3v) is 1.25. The number of nitrogens with one attached hydrogen (secondary N) is 1. The molecular weight excluding hydrogens is 184 g/mol. The fourth-order valence-electron chi connectivity index (χ4n) is 0.487. The van der Waals surface area contributed by atoms with Crippen LogP contribution in [-0.2, 0) is 4.79 Å². The number of carbonyl (C=O) groups is 1. The van der Waals surface area contributed by atoms with E-state index in [4.69, 9.17) is 5.11 Å². The van der Waals surface area contributed by atoms with Gasteiger partial charge in [-0.05, 0) is 6.42 Å². The number of hydrogen-bond donors (Lipinski definition) is 3. The molecule has 0 radical (unpaired) electrons. The number of rotatable bonds is 3. The molecule has 0 aromatic carbocycles. The number of aliphatic carboxylic acids is 1. The van der Waals surface area contributed by atoms with Crippen molar-refractivity contribution in [3.8, 4) is 0 Å². The maximum absolute atomic E-state index is 10.3. The van der Waals surface area contributed by atoms with Crippen LogP contribution in [0.25, 0.3) is 0 Å². The Morgan fingerprint density at radius 2 is 2.08 bits per heavy atom. The number of carboxylic acid groups (broad SMARTS) is 1. The number of carboxylic acids is 1. The molecule has 0 heterocycles. The van der Waals surface area contributed by atoms with Crippen molar-refractivity contribution < 1.29 is 9.90 Å². The molecule has 0 spiro atoms. The molecule has 0 bridgehead atoms. The number of thiol groups is 1. The summed E-state index contributed by atoms with van der Waals surface area (Å²) < 4.78 is 0.217. The molecule has 0 aliphatic heterocycles. The summed E-state index contributed by atoms with van der Waals surface area (Å²) in [6.45, 7) is 1.76. The average Bonchev–Trinajstić information content (AvgIpc) is 1.81. The van der Waals surface area contributed by atoms with E-state index in [2.05, 4.69) is 30.2 Å². The van der Waals surface area contributed by atoms with Crippen LogP contribution in [0.4, 0.5) is 0 Å². The van der Waals surface area contributed by atoms with Gasteiger partial charge in [0.2, 0.25) is 0 Å². The summed E-state index contributed by atoms with van der Waals surface area (Å²) >= 11 is 8.29. The van der Waals surface area contributed by atoms with Crippen LogP contribution in [0.3, 0.4) is 0 Å². The van der Waals surface area contributed by atoms with E-state index in [1.807, 2.05) is 0 Å². The summed E-state index contributed by atoms with van der Waals surface area (Å²) in [5, 5.41) is 11.0. The topological polar surface area (TPSA) is 49.3 Å². The van der Waals surface area contributed by atoms with Crippen molar-refractivity contribution >= 4 is 72.9 Å². The Labute approximate surface area is 107 Å². The fourth-order valence-corrected chi connectivity index (χ4v) is 0.786. The van der Waals surface area contributed by atoms with E-state index in [1.165, 1.54) is 0 Å². The van der Waals surface area contributed by atoms with E-state index < -0.39 is 12.0 Å². The van der Waals surface area contributed by atoms with Gasteiger partial charge in [-0.1, -0.05) is 19.1 Å². The SMILES string of the molecule is CCC(NC(=S)S)C(=O)O.[LiH].[LiH]. The first-order chi connectivity index (χ1) is 4.57. The molecule has 0 aromatic heterocycles. The van der Waals surface area contributed by atoms with Crippen LogP contribution in [-0.4, -0.2) is 59.2 Å². The second kappa shape index (κ2) is 9.99.